The van der Waals surface area contributed by atoms with Gasteiger partial charge in [0.05, 0.1) is 17.1 Å². The molecule has 0 radical (unpaired) electrons. The highest BCUT2D eigenvalue weighted by molar-refractivity contribution is 8.00. The van der Waals surface area contributed by atoms with Crippen LogP contribution in [0, 0.1) is 11.6 Å². The molecule has 0 aliphatic carbocycles. The number of carbonyl (C=O) groups excluding carboxylic acids is 1. The van der Waals surface area contributed by atoms with Crippen LogP contribution in [0.4, 0.5) is 20.2 Å². The lowest BCUT2D eigenvalue weighted by molar-refractivity contribution is -0.113. The largest absolute Gasteiger partial charge is 0.397 e. The zero-order valence-corrected chi connectivity index (χ0v) is 12.3. The third-order valence-corrected chi connectivity index (χ3v) is 3.83. The summed E-state index contributed by atoms with van der Waals surface area (Å²) < 4.78 is 26.2. The van der Waals surface area contributed by atoms with Crippen molar-refractivity contribution >= 4 is 40.6 Å². The average Bonchev–Trinajstić information content (AvgIpc) is 2.42. The number of benzene rings is 2. The van der Waals surface area contributed by atoms with Crippen LogP contribution in [-0.2, 0) is 4.79 Å². The van der Waals surface area contributed by atoms with Gasteiger partial charge in [-0.15, -0.1) is 11.8 Å². The van der Waals surface area contributed by atoms with Crippen molar-refractivity contribution in [3.63, 3.8) is 0 Å². The molecule has 0 saturated heterocycles. The summed E-state index contributed by atoms with van der Waals surface area (Å²) in [6, 6.07) is 7.90. The highest BCUT2D eigenvalue weighted by atomic mass is 35.5. The van der Waals surface area contributed by atoms with E-state index in [2.05, 4.69) is 5.32 Å². The van der Waals surface area contributed by atoms with Crippen molar-refractivity contribution in [3.8, 4) is 0 Å². The van der Waals surface area contributed by atoms with Gasteiger partial charge in [0.2, 0.25) is 5.91 Å². The lowest BCUT2D eigenvalue weighted by atomic mass is 10.2. The first-order valence-corrected chi connectivity index (χ1v) is 7.25. The van der Waals surface area contributed by atoms with E-state index in [1.54, 1.807) is 12.1 Å². The molecule has 3 N–H and O–H groups in total. The van der Waals surface area contributed by atoms with E-state index in [0.29, 0.717) is 16.4 Å². The molecule has 0 aliphatic rings. The van der Waals surface area contributed by atoms with Crippen LogP contribution < -0.4 is 11.1 Å². The summed E-state index contributed by atoms with van der Waals surface area (Å²) in [6.07, 6.45) is 0. The van der Waals surface area contributed by atoms with Crippen LogP contribution in [0.3, 0.4) is 0 Å². The molecule has 7 heteroatoms. The summed E-state index contributed by atoms with van der Waals surface area (Å²) in [4.78, 5) is 12.0. The second kappa shape index (κ2) is 6.78. The number of nitrogens with one attached hydrogen (secondary N) is 1. The maximum Gasteiger partial charge on any atom is 0.234 e. The Balaban J connectivity index is 1.97. The fourth-order valence-electron chi connectivity index (χ4n) is 1.56. The number of carbonyl (C=O) groups is 1. The van der Waals surface area contributed by atoms with Gasteiger partial charge in [-0.1, -0.05) is 11.6 Å². The fourth-order valence-corrected chi connectivity index (χ4v) is 2.45. The number of nitrogens with two attached hydrogens (primary N) is 1. The van der Waals surface area contributed by atoms with Crippen molar-refractivity contribution in [3.05, 3.63) is 53.1 Å². The van der Waals surface area contributed by atoms with Crippen LogP contribution in [-0.4, -0.2) is 11.7 Å². The van der Waals surface area contributed by atoms with E-state index in [1.807, 2.05) is 0 Å². The van der Waals surface area contributed by atoms with Crippen LogP contribution in [0.5, 0.6) is 0 Å². The van der Waals surface area contributed by atoms with E-state index in [1.165, 1.54) is 12.1 Å². The number of halogens is 3. The molecular weight excluding hydrogens is 318 g/mol. The molecule has 0 spiro atoms. The molecule has 0 bridgehead atoms. The quantitative estimate of drug-likeness (QED) is 0.660. The first-order chi connectivity index (χ1) is 9.95. The highest BCUT2D eigenvalue weighted by Crippen LogP contribution is 2.25. The number of anilines is 2. The minimum atomic E-state index is -0.699. The number of nitrogen functional groups attached to an aromatic ring is 1. The fraction of sp³-hybridized carbons (Fsp3) is 0.0714. The van der Waals surface area contributed by atoms with E-state index in [-0.39, 0.29) is 16.6 Å². The van der Waals surface area contributed by atoms with Crippen molar-refractivity contribution in [2.24, 2.45) is 0 Å². The molecule has 110 valence electrons. The topological polar surface area (TPSA) is 55.1 Å². The number of hydrogen-bond acceptors (Lipinski definition) is 3. The Bertz CT molecular complexity index is 682. The monoisotopic (exact) mass is 328 g/mol. The minimum Gasteiger partial charge on any atom is -0.397 e. The Kier molecular flexibility index (Phi) is 5.03. The molecule has 2 aromatic rings. The van der Waals surface area contributed by atoms with Gasteiger partial charge in [-0.3, -0.25) is 4.79 Å². The van der Waals surface area contributed by atoms with E-state index in [9.17, 15) is 13.6 Å². The molecular formula is C14H11ClF2N2OS. The Morgan fingerprint density at radius 2 is 2.00 bits per heavy atom. The first kappa shape index (κ1) is 15.6. The predicted octanol–water partition coefficient (Wildman–Crippen LogP) is 3.93. The van der Waals surface area contributed by atoms with Gasteiger partial charge in [-0.2, -0.15) is 0 Å². The highest BCUT2D eigenvalue weighted by Gasteiger charge is 2.09. The van der Waals surface area contributed by atoms with E-state index < -0.39 is 11.6 Å². The van der Waals surface area contributed by atoms with Gasteiger partial charge in [-0.25, -0.2) is 8.78 Å². The molecule has 0 unspecified atom stereocenters. The van der Waals surface area contributed by atoms with Crippen LogP contribution in [0.1, 0.15) is 0 Å². The normalized spacial score (nSPS) is 10.4. The zero-order chi connectivity index (χ0) is 15.4. The molecule has 0 heterocycles. The Morgan fingerprint density at radius 1 is 1.24 bits per heavy atom. The predicted molar refractivity (Wildman–Crippen MR) is 81.6 cm³/mol. The summed E-state index contributed by atoms with van der Waals surface area (Å²) in [5, 5.41) is 3.03. The first-order valence-electron chi connectivity index (χ1n) is 5.88. The summed E-state index contributed by atoms with van der Waals surface area (Å²) in [5.41, 5.74) is 6.48. The van der Waals surface area contributed by atoms with E-state index in [4.69, 9.17) is 17.3 Å². The molecule has 0 fully saturated rings. The summed E-state index contributed by atoms with van der Waals surface area (Å²) >= 11 is 6.78. The van der Waals surface area contributed by atoms with E-state index >= 15 is 0 Å². The molecule has 1 amide bonds. The third-order valence-electron chi connectivity index (χ3n) is 2.54. The molecule has 2 aromatic carbocycles. The van der Waals surface area contributed by atoms with Crippen molar-refractivity contribution in [1.82, 2.24) is 0 Å². The second-order valence-corrected chi connectivity index (χ2v) is 5.60. The Labute approximate surface area is 129 Å². The van der Waals surface area contributed by atoms with Gasteiger partial charge >= 0.3 is 0 Å². The molecule has 0 saturated carbocycles. The van der Waals surface area contributed by atoms with Crippen molar-refractivity contribution < 1.29 is 13.6 Å². The Morgan fingerprint density at radius 3 is 2.71 bits per heavy atom. The van der Waals surface area contributed by atoms with Crippen LogP contribution in [0.15, 0.2) is 41.3 Å². The molecule has 3 nitrogen and oxygen atoms in total. The van der Waals surface area contributed by atoms with Gasteiger partial charge in [0.15, 0.2) is 0 Å². The average molecular weight is 329 g/mol. The smallest absolute Gasteiger partial charge is 0.234 e. The second-order valence-electron chi connectivity index (χ2n) is 4.14. The molecule has 0 aliphatic heterocycles. The molecule has 0 aromatic heterocycles. The number of hydrogen-bond donors (Lipinski definition) is 2. The molecule has 2 rings (SSSR count). The van der Waals surface area contributed by atoms with Gasteiger partial charge < -0.3 is 11.1 Å². The lowest BCUT2D eigenvalue weighted by Crippen LogP contribution is -2.15. The minimum absolute atomic E-state index is 0.0332. The van der Waals surface area contributed by atoms with Gasteiger partial charge in [0.1, 0.15) is 11.6 Å². The maximum atomic E-state index is 13.4. The number of thioether (sulfide) groups is 1. The van der Waals surface area contributed by atoms with Crippen molar-refractivity contribution in [1.29, 1.82) is 0 Å². The lowest BCUT2D eigenvalue weighted by Gasteiger charge is -2.08. The number of rotatable bonds is 4. The van der Waals surface area contributed by atoms with Crippen LogP contribution >= 0.6 is 23.4 Å². The van der Waals surface area contributed by atoms with Gasteiger partial charge in [0.25, 0.3) is 0 Å². The third kappa shape index (κ3) is 4.34. The maximum absolute atomic E-state index is 13.4. The van der Waals surface area contributed by atoms with Crippen molar-refractivity contribution in [2.75, 3.05) is 16.8 Å². The summed E-state index contributed by atoms with van der Waals surface area (Å²) in [6.45, 7) is 0. The van der Waals surface area contributed by atoms with Crippen LogP contribution in [0.2, 0.25) is 5.02 Å². The molecule has 0 atom stereocenters. The SMILES string of the molecule is Nc1ccc(Cl)cc1NC(=O)CSc1ccc(F)cc1F. The summed E-state index contributed by atoms with van der Waals surface area (Å²) in [5.74, 6) is -1.75. The Hall–Kier alpha value is -1.79. The van der Waals surface area contributed by atoms with E-state index in [0.717, 1.165) is 23.9 Å². The van der Waals surface area contributed by atoms with Crippen LogP contribution in [0.25, 0.3) is 0 Å². The number of amides is 1. The zero-order valence-electron chi connectivity index (χ0n) is 10.7. The molecule has 21 heavy (non-hydrogen) atoms. The standard InChI is InChI=1S/C14H11ClF2N2OS/c15-8-1-3-11(18)12(5-8)19-14(20)7-21-13-4-2-9(16)6-10(13)17/h1-6H,7,18H2,(H,19,20). The van der Waals surface area contributed by atoms with Gasteiger partial charge in [0, 0.05) is 16.0 Å². The van der Waals surface area contributed by atoms with Gasteiger partial charge in [-0.05, 0) is 30.3 Å². The summed E-state index contributed by atoms with van der Waals surface area (Å²) in [7, 11) is 0. The van der Waals surface area contributed by atoms with Crippen molar-refractivity contribution in [2.45, 2.75) is 4.90 Å².